The van der Waals surface area contributed by atoms with Gasteiger partial charge >= 0.3 is 22.1 Å². The van der Waals surface area contributed by atoms with Crippen molar-refractivity contribution in [2.75, 3.05) is 31.6 Å². The van der Waals surface area contributed by atoms with E-state index >= 15 is 0 Å². The van der Waals surface area contributed by atoms with Crippen LogP contribution in [0.2, 0.25) is 5.02 Å². The van der Waals surface area contributed by atoms with Crippen LogP contribution in [0, 0.1) is 0 Å². The molecule has 0 fully saturated rings. The quantitative estimate of drug-likeness (QED) is 0.141. The molecule has 4 aromatic rings. The lowest BCUT2D eigenvalue weighted by molar-refractivity contribution is -0.137. The minimum atomic E-state index is -4.97. The van der Waals surface area contributed by atoms with Gasteiger partial charge in [0, 0.05) is 17.1 Å². The highest BCUT2D eigenvalue weighted by molar-refractivity contribution is 8.05. The number of hydrogen-bond donors (Lipinski definition) is 3. The van der Waals surface area contributed by atoms with Crippen LogP contribution < -0.4 is 22.6 Å². The van der Waals surface area contributed by atoms with Crippen LogP contribution in [-0.4, -0.2) is 78.9 Å². The predicted octanol–water partition coefficient (Wildman–Crippen LogP) is 2.06. The van der Waals surface area contributed by atoms with Gasteiger partial charge in [-0.25, -0.2) is 25.9 Å². The molecule has 0 spiro atoms. The normalized spacial score (nSPS) is 13.8. The van der Waals surface area contributed by atoms with E-state index in [0.717, 1.165) is 6.07 Å². The maximum Gasteiger partial charge on any atom is 0.332 e. The van der Waals surface area contributed by atoms with Crippen LogP contribution in [0.25, 0.3) is 10.9 Å². The molecule has 0 unspecified atom stereocenters. The number of carboxylic acids is 1. The number of ether oxygens (including phenoxy) is 3. The van der Waals surface area contributed by atoms with Crippen molar-refractivity contribution in [3.8, 4) is 17.2 Å². The molecular formula is C27H25ClN4O12S3. The Morgan fingerprint density at radius 3 is 2.30 bits per heavy atom. The van der Waals surface area contributed by atoms with Crippen molar-refractivity contribution < 1.29 is 54.2 Å². The van der Waals surface area contributed by atoms with E-state index in [4.69, 9.17) is 25.8 Å². The molecule has 250 valence electrons. The predicted molar refractivity (Wildman–Crippen MR) is 167 cm³/mol. The number of nitrogens with zero attached hydrogens (tertiary/aromatic N) is 2. The third-order valence-corrected chi connectivity index (χ3v) is 12.5. The topological polar surface area (TPSA) is 219 Å². The number of benzene rings is 3. The lowest BCUT2D eigenvalue weighted by Crippen LogP contribution is -2.48. The Balaban J connectivity index is 1.50. The second-order valence-electron chi connectivity index (χ2n) is 9.88. The van der Waals surface area contributed by atoms with E-state index in [1.807, 2.05) is 0 Å². The first-order valence-corrected chi connectivity index (χ1v) is 17.9. The summed E-state index contributed by atoms with van der Waals surface area (Å²) in [5.74, 6) is -2.00. The van der Waals surface area contributed by atoms with Crippen molar-refractivity contribution in [1.82, 2.24) is 13.4 Å². The van der Waals surface area contributed by atoms with Gasteiger partial charge in [-0.15, -0.1) is 0 Å². The zero-order valence-electron chi connectivity index (χ0n) is 24.3. The number of aliphatic carboxylic acids is 1. The van der Waals surface area contributed by atoms with Crippen molar-refractivity contribution in [2.24, 2.45) is 0 Å². The van der Waals surface area contributed by atoms with E-state index in [2.05, 4.69) is 4.98 Å². The first-order chi connectivity index (χ1) is 22.1. The highest BCUT2D eigenvalue weighted by Gasteiger charge is 2.37. The summed E-state index contributed by atoms with van der Waals surface area (Å²) in [6.45, 7) is -2.35. The summed E-state index contributed by atoms with van der Waals surface area (Å²) in [5.41, 5.74) is -0.0969. The fraction of sp³-hybridized carbons (Fsp3) is 0.185. The monoisotopic (exact) mass is 728 g/mol. The van der Waals surface area contributed by atoms with Crippen LogP contribution in [-0.2, 0) is 46.4 Å². The maximum absolute atomic E-state index is 13.6. The van der Waals surface area contributed by atoms with Gasteiger partial charge in [0.25, 0.3) is 10.0 Å². The minimum absolute atomic E-state index is 0.00180. The molecule has 1 aliphatic rings. The first-order valence-electron chi connectivity index (χ1n) is 13.2. The molecule has 0 atom stereocenters. The third kappa shape index (κ3) is 6.85. The van der Waals surface area contributed by atoms with Crippen LogP contribution in [0.3, 0.4) is 0 Å². The smallest absolute Gasteiger partial charge is 0.332 e. The molecule has 2 heterocycles. The number of anilines is 1. The number of nitrogens with one attached hydrogen (secondary N) is 2. The molecule has 5 rings (SSSR count). The van der Waals surface area contributed by atoms with Gasteiger partial charge < -0.3 is 24.3 Å². The van der Waals surface area contributed by atoms with Gasteiger partial charge in [0.1, 0.15) is 24.6 Å². The zero-order chi connectivity index (χ0) is 34.3. The third-order valence-electron chi connectivity index (χ3n) is 6.84. The Bertz CT molecular complexity index is 2220. The van der Waals surface area contributed by atoms with Gasteiger partial charge in [0.2, 0.25) is 10.0 Å². The number of sulfonamides is 2. The molecule has 0 saturated heterocycles. The molecule has 1 aromatic heterocycles. The van der Waals surface area contributed by atoms with E-state index in [9.17, 15) is 39.9 Å². The largest absolute Gasteiger partial charge is 0.497 e. The molecule has 0 aliphatic carbocycles. The van der Waals surface area contributed by atoms with Crippen molar-refractivity contribution in [3.63, 3.8) is 0 Å². The van der Waals surface area contributed by atoms with Crippen molar-refractivity contribution in [2.45, 2.75) is 16.3 Å². The Morgan fingerprint density at radius 1 is 1.00 bits per heavy atom. The molecule has 0 saturated carbocycles. The number of aromatic amines is 1. The minimum Gasteiger partial charge on any atom is -0.497 e. The molecule has 16 nitrogen and oxygen atoms in total. The number of hydrogen-bond acceptors (Lipinski definition) is 11. The van der Waals surface area contributed by atoms with Gasteiger partial charge in [0.05, 0.1) is 46.8 Å². The van der Waals surface area contributed by atoms with Crippen molar-refractivity contribution in [1.29, 1.82) is 0 Å². The molecule has 0 radical (unpaired) electrons. The SMILES string of the molecule is COc1ccc(S(=O)(=O)N(CC(=O)O)Cc2cc3c(S(=O)(=O)NS(=O)(=O)N4CC(=O)Oc5cc(OC)ccc54)ccc(Cl)c3[nH]2)cc1. The fourth-order valence-corrected chi connectivity index (χ4v) is 9.50. The highest BCUT2D eigenvalue weighted by Crippen LogP contribution is 2.37. The maximum atomic E-state index is 13.6. The van der Waals surface area contributed by atoms with Crippen molar-refractivity contribution >= 4 is 70.4 Å². The Morgan fingerprint density at radius 2 is 1.66 bits per heavy atom. The van der Waals surface area contributed by atoms with Crippen LogP contribution in [0.5, 0.6) is 17.2 Å². The number of carboxylic acid groups (broad SMARTS) is 1. The number of rotatable bonds is 12. The van der Waals surface area contributed by atoms with Gasteiger partial charge in [-0.3, -0.25) is 4.79 Å². The summed E-state index contributed by atoms with van der Waals surface area (Å²) in [6.07, 6.45) is 0. The lowest BCUT2D eigenvalue weighted by atomic mass is 10.2. The number of halogens is 1. The Kier molecular flexibility index (Phi) is 9.14. The van der Waals surface area contributed by atoms with E-state index in [-0.39, 0.29) is 43.7 Å². The van der Waals surface area contributed by atoms with Gasteiger partial charge in [0.15, 0.2) is 5.75 Å². The Labute approximate surface area is 273 Å². The van der Waals surface area contributed by atoms with Gasteiger partial charge in [-0.1, -0.05) is 15.7 Å². The zero-order valence-corrected chi connectivity index (χ0v) is 27.5. The van der Waals surface area contributed by atoms with E-state index in [1.165, 1.54) is 68.8 Å². The molecule has 47 heavy (non-hydrogen) atoms. The number of carbonyl (C=O) groups excluding carboxylic acids is 1. The number of carbonyl (C=O) groups is 2. The van der Waals surface area contributed by atoms with E-state index in [0.29, 0.717) is 14.4 Å². The molecule has 20 heteroatoms. The first kappa shape index (κ1) is 33.9. The summed E-state index contributed by atoms with van der Waals surface area (Å²) in [4.78, 5) is 25.9. The molecule has 0 amide bonds. The molecule has 3 aromatic carbocycles. The number of esters is 1. The van der Waals surface area contributed by atoms with Crippen LogP contribution >= 0.6 is 11.6 Å². The number of fused-ring (bicyclic) bond motifs is 2. The number of methoxy groups -OCH3 is 2. The van der Waals surface area contributed by atoms with Gasteiger partial charge in [-0.2, -0.15) is 12.7 Å². The Hall–Kier alpha value is -4.40. The second-order valence-corrected chi connectivity index (χ2v) is 15.7. The van der Waals surface area contributed by atoms with E-state index in [1.54, 1.807) is 4.13 Å². The van der Waals surface area contributed by atoms with E-state index < -0.39 is 66.7 Å². The number of aromatic nitrogens is 1. The summed E-state index contributed by atoms with van der Waals surface area (Å²) < 4.78 is 98.8. The standard InChI is InChI=1S/C27H25ClN4O12S3/c1-42-17-3-6-19(7-4-17)46(38,39)31(14-25(33)34)13-16-11-20-24(10-8-21(28)27(20)29-16)45(36,37)30-47(40,41)32-15-26(35)44-23-12-18(43-2)5-9-22(23)32/h3-12,29-30H,13-15H2,1-2H3,(H,33,34). The highest BCUT2D eigenvalue weighted by atomic mass is 35.5. The van der Waals surface area contributed by atoms with Crippen LogP contribution in [0.1, 0.15) is 5.69 Å². The fourth-order valence-electron chi connectivity index (χ4n) is 4.71. The summed E-state index contributed by atoms with van der Waals surface area (Å²) in [5, 5.41) is 9.34. The average Bonchev–Trinajstić information content (AvgIpc) is 3.43. The van der Waals surface area contributed by atoms with Crippen molar-refractivity contribution in [3.05, 3.63) is 71.4 Å². The molecule has 3 N–H and O–H groups in total. The summed E-state index contributed by atoms with van der Waals surface area (Å²) in [7, 11) is -11.6. The number of H-pyrrole nitrogens is 1. The molecular weight excluding hydrogens is 704 g/mol. The molecule has 1 aliphatic heterocycles. The lowest BCUT2D eigenvalue weighted by Gasteiger charge is -2.29. The summed E-state index contributed by atoms with van der Waals surface area (Å²) >= 11 is 6.31. The summed E-state index contributed by atoms with van der Waals surface area (Å²) in [6, 6.07) is 12.6. The average molecular weight is 729 g/mol. The van der Waals surface area contributed by atoms with Gasteiger partial charge in [-0.05, 0) is 54.6 Å². The molecule has 0 bridgehead atoms. The van der Waals surface area contributed by atoms with Crippen LogP contribution in [0.4, 0.5) is 5.69 Å². The van der Waals surface area contributed by atoms with Crippen LogP contribution in [0.15, 0.2) is 70.5 Å². The second kappa shape index (κ2) is 12.7.